The number of benzene rings is 2. The molecule has 49 heavy (non-hydrogen) atoms. The molecule has 264 valence electrons. The number of carboxylic acid groups (broad SMARTS) is 1. The molecule has 1 aliphatic rings. The molecule has 1 fully saturated rings. The molecule has 3 amide bonds. The number of unbranched alkanes of at least 4 members (excludes halogenated alkanes) is 1. The smallest absolute Gasteiger partial charge is 0.335 e. The molecule has 1 aromatic heterocycles. The average Bonchev–Trinajstić information content (AvgIpc) is 3.67. The number of carbonyl (C=O) groups is 4. The maximum absolute atomic E-state index is 13.9. The summed E-state index contributed by atoms with van der Waals surface area (Å²) in [6.45, 7) is 7.81. The predicted octanol–water partition coefficient (Wildman–Crippen LogP) is 3.65. The third kappa shape index (κ3) is 10.2. The fourth-order valence-electron chi connectivity index (χ4n) is 5.40. The van der Waals surface area contributed by atoms with Gasteiger partial charge >= 0.3 is 5.97 Å². The van der Waals surface area contributed by atoms with E-state index >= 15 is 0 Å². The number of carboxylic acids is 1. The third-order valence-corrected chi connectivity index (χ3v) is 9.09. The number of anilines is 1. The Morgan fingerprint density at radius 1 is 1.06 bits per heavy atom. The number of hydrogen-bond donors (Lipinski definition) is 4. The van der Waals surface area contributed by atoms with Crippen molar-refractivity contribution in [1.29, 1.82) is 0 Å². The van der Waals surface area contributed by atoms with Crippen LogP contribution in [-0.4, -0.2) is 95.4 Å². The van der Waals surface area contributed by atoms with Gasteiger partial charge in [0.25, 0.3) is 5.91 Å². The second-order valence-corrected chi connectivity index (χ2v) is 13.9. The van der Waals surface area contributed by atoms with E-state index in [9.17, 15) is 24.3 Å². The van der Waals surface area contributed by atoms with Crippen molar-refractivity contribution < 1.29 is 38.9 Å². The van der Waals surface area contributed by atoms with Crippen molar-refractivity contribution in [3.8, 4) is 16.2 Å². The number of aryl methyl sites for hydroxylation is 1. The monoisotopic (exact) mass is 695 g/mol. The highest BCUT2D eigenvalue weighted by Gasteiger charge is 2.44. The number of aromatic nitrogens is 1. The summed E-state index contributed by atoms with van der Waals surface area (Å²) in [5, 5.41) is 23.8. The van der Waals surface area contributed by atoms with E-state index in [1.807, 2.05) is 52.0 Å². The zero-order chi connectivity index (χ0) is 35.7. The van der Waals surface area contributed by atoms with Crippen LogP contribution in [0.5, 0.6) is 5.75 Å². The van der Waals surface area contributed by atoms with E-state index in [-0.39, 0.29) is 25.1 Å². The van der Waals surface area contributed by atoms with Crippen LogP contribution in [0.4, 0.5) is 5.69 Å². The zero-order valence-electron chi connectivity index (χ0n) is 28.5. The maximum Gasteiger partial charge on any atom is 0.335 e. The molecule has 13 nitrogen and oxygen atoms in total. The number of carbonyl (C=O) groups excluding carboxylic acids is 3. The molecule has 0 spiro atoms. The van der Waals surface area contributed by atoms with E-state index in [4.69, 9.17) is 14.6 Å². The number of β-amino-alcohol motifs (C(OH)–C–C–N with tert-alkyl or cyclic N) is 1. The molecule has 0 radical (unpaired) electrons. The molecule has 0 aliphatic carbocycles. The van der Waals surface area contributed by atoms with Crippen LogP contribution in [0, 0.1) is 12.3 Å². The van der Waals surface area contributed by atoms with Gasteiger partial charge in [-0.3, -0.25) is 24.8 Å². The number of hydrazine groups is 1. The first kappa shape index (κ1) is 37.3. The molecule has 3 atom stereocenters. The van der Waals surface area contributed by atoms with E-state index < -0.39 is 47.3 Å². The molecule has 2 aromatic carbocycles. The van der Waals surface area contributed by atoms with Gasteiger partial charge in [0.15, 0.2) is 0 Å². The topological polar surface area (TPSA) is 171 Å². The van der Waals surface area contributed by atoms with Crippen LogP contribution < -0.4 is 20.5 Å². The molecular weight excluding hydrogens is 650 g/mol. The summed E-state index contributed by atoms with van der Waals surface area (Å²) in [6.07, 6.45) is 0.453. The summed E-state index contributed by atoms with van der Waals surface area (Å²) in [4.78, 5) is 57.8. The maximum atomic E-state index is 13.9. The Morgan fingerprint density at radius 2 is 1.73 bits per heavy atom. The summed E-state index contributed by atoms with van der Waals surface area (Å²) in [5.74, 6) is -1.82. The van der Waals surface area contributed by atoms with Gasteiger partial charge in [0.2, 0.25) is 11.8 Å². The number of amides is 3. The van der Waals surface area contributed by atoms with Gasteiger partial charge in [0, 0.05) is 26.6 Å². The highest BCUT2D eigenvalue weighted by atomic mass is 32.1. The van der Waals surface area contributed by atoms with E-state index in [0.717, 1.165) is 21.8 Å². The van der Waals surface area contributed by atoms with Crippen LogP contribution in [0.3, 0.4) is 0 Å². The number of nitrogens with one attached hydrogen (secondary N) is 2. The molecule has 1 saturated heterocycles. The first-order valence-corrected chi connectivity index (χ1v) is 17.0. The number of thiazole rings is 1. The summed E-state index contributed by atoms with van der Waals surface area (Å²) >= 11 is 1.56. The van der Waals surface area contributed by atoms with Crippen molar-refractivity contribution in [3.63, 3.8) is 0 Å². The summed E-state index contributed by atoms with van der Waals surface area (Å²) < 4.78 is 11.1. The van der Waals surface area contributed by atoms with Crippen LogP contribution in [0.25, 0.3) is 10.4 Å². The Balaban J connectivity index is 1.26. The lowest BCUT2D eigenvalue weighted by atomic mass is 9.85. The Hall–Kier alpha value is -4.53. The number of aliphatic hydroxyl groups excluding tert-OH is 1. The minimum absolute atomic E-state index is 0.0335. The molecule has 3 aromatic rings. The molecule has 4 rings (SSSR count). The number of rotatable bonds is 15. The lowest BCUT2D eigenvalue weighted by Crippen LogP contribution is -2.59. The second kappa shape index (κ2) is 16.7. The van der Waals surface area contributed by atoms with Gasteiger partial charge in [-0.15, -0.1) is 11.3 Å². The van der Waals surface area contributed by atoms with Crippen LogP contribution in [-0.2, 0) is 19.1 Å². The third-order valence-electron chi connectivity index (χ3n) is 8.11. The van der Waals surface area contributed by atoms with E-state index in [1.165, 1.54) is 17.0 Å². The first-order chi connectivity index (χ1) is 23.2. The van der Waals surface area contributed by atoms with E-state index in [1.54, 1.807) is 41.0 Å². The van der Waals surface area contributed by atoms with Crippen molar-refractivity contribution in [2.75, 3.05) is 38.4 Å². The average molecular weight is 696 g/mol. The number of likely N-dealkylation sites (tertiary alicyclic amines) is 1. The van der Waals surface area contributed by atoms with Gasteiger partial charge in [-0.05, 0) is 67.1 Å². The molecular formula is C35H45N5O8S. The van der Waals surface area contributed by atoms with Crippen molar-refractivity contribution in [3.05, 3.63) is 65.3 Å². The standard InChI is InChI=1S/C35H45N5O8S/c1-22-30(49-21-36-22)23-8-12-25(13-9-23)39(5)38-32(43)28-18-26(41)19-40(28)33(44)31(35(2,3)4)37-29(42)20-47-16-6-7-17-48-27-14-10-24(11-15-27)34(45)46/h8-15,21,26,28,31,41H,6-7,16-20H2,1-5H3,(H,37,42)(H,38,43)(H,45,46)/t26-,28+,31?/m1/s1. The first-order valence-electron chi connectivity index (χ1n) is 16.1. The predicted molar refractivity (Wildman–Crippen MR) is 185 cm³/mol. The van der Waals surface area contributed by atoms with Crippen molar-refractivity contribution >= 4 is 40.7 Å². The molecule has 0 bridgehead atoms. The van der Waals surface area contributed by atoms with Crippen LogP contribution in [0.1, 0.15) is 56.1 Å². The molecule has 2 heterocycles. The highest BCUT2D eigenvalue weighted by molar-refractivity contribution is 7.13. The number of nitrogens with zero attached hydrogens (tertiary/aromatic N) is 3. The Labute approximate surface area is 290 Å². The van der Waals surface area contributed by atoms with Crippen LogP contribution in [0.2, 0.25) is 0 Å². The van der Waals surface area contributed by atoms with E-state index in [0.29, 0.717) is 31.8 Å². The van der Waals surface area contributed by atoms with E-state index in [2.05, 4.69) is 15.7 Å². The largest absolute Gasteiger partial charge is 0.494 e. The number of aliphatic hydroxyl groups is 1. The van der Waals surface area contributed by atoms with Gasteiger partial charge in [-0.1, -0.05) is 32.9 Å². The normalized spacial score (nSPS) is 16.6. The van der Waals surface area contributed by atoms with Crippen molar-refractivity contribution in [1.82, 2.24) is 20.6 Å². The second-order valence-electron chi connectivity index (χ2n) is 13.0. The number of ether oxygens (including phenoxy) is 2. The fourth-order valence-corrected chi connectivity index (χ4v) is 6.21. The number of aromatic carboxylic acids is 1. The molecule has 0 saturated carbocycles. The quantitative estimate of drug-likeness (QED) is 0.136. The Bertz CT molecular complexity index is 1590. The van der Waals surface area contributed by atoms with Gasteiger partial charge in [-0.2, -0.15) is 0 Å². The van der Waals surface area contributed by atoms with Crippen molar-refractivity contribution in [2.24, 2.45) is 5.41 Å². The fraction of sp³-hybridized carbons (Fsp3) is 0.457. The van der Waals surface area contributed by atoms with Crippen LogP contribution >= 0.6 is 11.3 Å². The minimum atomic E-state index is -1.00. The lowest BCUT2D eigenvalue weighted by Gasteiger charge is -2.35. The Morgan fingerprint density at radius 3 is 2.35 bits per heavy atom. The molecule has 4 N–H and O–H groups in total. The molecule has 1 unspecified atom stereocenters. The lowest BCUT2D eigenvalue weighted by molar-refractivity contribution is -0.144. The van der Waals surface area contributed by atoms with Gasteiger partial charge < -0.3 is 29.9 Å². The SMILES string of the molecule is Cc1ncsc1-c1ccc(N(C)NC(=O)[C@@H]2C[C@@H](O)CN2C(=O)C(NC(=O)COCCCCOc2ccc(C(=O)O)cc2)C(C)(C)C)cc1. The van der Waals surface area contributed by atoms with Gasteiger partial charge in [-0.25, -0.2) is 9.78 Å². The van der Waals surface area contributed by atoms with Gasteiger partial charge in [0.05, 0.1) is 40.0 Å². The zero-order valence-corrected chi connectivity index (χ0v) is 29.3. The van der Waals surface area contributed by atoms with Crippen molar-refractivity contribution in [2.45, 2.75) is 65.1 Å². The summed E-state index contributed by atoms with van der Waals surface area (Å²) in [7, 11) is 1.70. The highest BCUT2D eigenvalue weighted by Crippen LogP contribution is 2.29. The molecule has 1 aliphatic heterocycles. The van der Waals surface area contributed by atoms with Gasteiger partial charge in [0.1, 0.15) is 24.4 Å². The van der Waals surface area contributed by atoms with Crippen LogP contribution in [0.15, 0.2) is 54.0 Å². The summed E-state index contributed by atoms with van der Waals surface area (Å²) in [5.41, 5.74) is 6.82. The summed E-state index contributed by atoms with van der Waals surface area (Å²) in [6, 6.07) is 11.9. The minimum Gasteiger partial charge on any atom is -0.494 e. The Kier molecular flexibility index (Phi) is 12.7. The molecule has 14 heteroatoms. The number of hydrogen-bond acceptors (Lipinski definition) is 10.